The van der Waals surface area contributed by atoms with Crippen molar-refractivity contribution in [2.75, 3.05) is 0 Å². The minimum absolute atomic E-state index is 0.108. The van der Waals surface area contributed by atoms with E-state index in [2.05, 4.69) is 48.4 Å². The van der Waals surface area contributed by atoms with Crippen molar-refractivity contribution in [3.8, 4) is 11.3 Å². The van der Waals surface area contributed by atoms with Gasteiger partial charge in [0.15, 0.2) is 0 Å². The van der Waals surface area contributed by atoms with Gasteiger partial charge in [0.2, 0.25) is 5.91 Å². The van der Waals surface area contributed by atoms with E-state index in [1.807, 2.05) is 6.92 Å². The molecule has 1 aliphatic carbocycles. The van der Waals surface area contributed by atoms with Crippen LogP contribution >= 0.6 is 11.3 Å². The molecule has 1 saturated carbocycles. The molecule has 0 saturated heterocycles. The number of nitrogens with zero attached hydrogens (tertiary/aromatic N) is 1. The van der Waals surface area contributed by atoms with Gasteiger partial charge < -0.3 is 5.32 Å². The van der Waals surface area contributed by atoms with Crippen LogP contribution in [0.25, 0.3) is 11.3 Å². The largest absolute Gasteiger partial charge is 0.353 e. The van der Waals surface area contributed by atoms with Gasteiger partial charge in [-0.15, -0.1) is 11.3 Å². The fourth-order valence-electron chi connectivity index (χ4n) is 2.69. The number of aryl methyl sites for hydroxylation is 2. The molecule has 1 heterocycles. The molecule has 1 amide bonds. The van der Waals surface area contributed by atoms with Crippen molar-refractivity contribution in [1.29, 1.82) is 0 Å². The minimum Gasteiger partial charge on any atom is -0.353 e. The zero-order chi connectivity index (χ0) is 15.7. The lowest BCUT2D eigenvalue weighted by molar-refractivity contribution is -0.121. The first kappa shape index (κ1) is 15.2. The number of thiazole rings is 1. The highest BCUT2D eigenvalue weighted by atomic mass is 32.1. The first-order valence-corrected chi connectivity index (χ1v) is 8.67. The summed E-state index contributed by atoms with van der Waals surface area (Å²) in [6, 6.07) is 8.63. The third kappa shape index (κ3) is 3.55. The molecule has 1 N–H and O–H groups in total. The molecular weight excluding hydrogens is 292 g/mol. The fraction of sp³-hybridized carbons (Fsp3) is 0.444. The maximum Gasteiger partial charge on any atom is 0.225 e. The fourth-order valence-corrected chi connectivity index (χ4v) is 3.65. The van der Waals surface area contributed by atoms with E-state index in [0.717, 1.165) is 21.1 Å². The van der Waals surface area contributed by atoms with E-state index < -0.39 is 0 Å². The van der Waals surface area contributed by atoms with Crippen LogP contribution in [0.1, 0.15) is 35.2 Å². The molecule has 0 radical (unpaired) electrons. The Labute approximate surface area is 135 Å². The second-order valence-electron chi connectivity index (χ2n) is 6.24. The van der Waals surface area contributed by atoms with Crippen LogP contribution in [0.15, 0.2) is 24.3 Å². The van der Waals surface area contributed by atoms with Gasteiger partial charge in [0.1, 0.15) is 0 Å². The zero-order valence-corrected chi connectivity index (χ0v) is 14.2. The van der Waals surface area contributed by atoms with Crippen molar-refractivity contribution < 1.29 is 4.79 Å². The summed E-state index contributed by atoms with van der Waals surface area (Å²) in [6.45, 7) is 6.18. The Morgan fingerprint density at radius 3 is 2.64 bits per heavy atom. The van der Waals surface area contributed by atoms with Crippen LogP contribution in [0.2, 0.25) is 0 Å². The van der Waals surface area contributed by atoms with Crippen LogP contribution in [0, 0.1) is 19.8 Å². The summed E-state index contributed by atoms with van der Waals surface area (Å²) in [4.78, 5) is 18.0. The normalized spacial score (nSPS) is 15.6. The van der Waals surface area contributed by atoms with Crippen LogP contribution in [0.4, 0.5) is 0 Å². The van der Waals surface area contributed by atoms with E-state index in [1.54, 1.807) is 11.3 Å². The maximum absolute atomic E-state index is 12.3. The van der Waals surface area contributed by atoms with Crippen LogP contribution in [-0.4, -0.2) is 16.9 Å². The van der Waals surface area contributed by atoms with E-state index in [-0.39, 0.29) is 5.91 Å². The number of hydrogen-bond acceptors (Lipinski definition) is 3. The minimum atomic E-state index is 0.108. The van der Waals surface area contributed by atoms with Crippen LogP contribution < -0.4 is 5.32 Å². The Morgan fingerprint density at radius 1 is 1.32 bits per heavy atom. The Hall–Kier alpha value is -1.68. The Morgan fingerprint density at radius 2 is 2.00 bits per heavy atom. The number of hydrogen-bond donors (Lipinski definition) is 1. The number of rotatable bonds is 5. The standard InChI is InChI=1S/C18H22N2OS/c1-11-4-6-15(7-5-11)18-16(22-13(3)20-18)10-17(21)19-12(2)14-8-9-14/h4-7,12,14H,8-10H2,1-3H3,(H,19,21). The van der Waals surface area contributed by atoms with Crippen molar-refractivity contribution in [2.24, 2.45) is 5.92 Å². The Bertz CT molecular complexity index is 671. The van der Waals surface area contributed by atoms with E-state index in [1.165, 1.54) is 18.4 Å². The second kappa shape index (κ2) is 6.21. The monoisotopic (exact) mass is 314 g/mol. The quantitative estimate of drug-likeness (QED) is 0.910. The smallest absolute Gasteiger partial charge is 0.225 e. The molecule has 0 bridgehead atoms. The third-order valence-electron chi connectivity index (χ3n) is 4.17. The molecule has 3 nitrogen and oxygen atoms in total. The molecule has 2 aromatic rings. The highest BCUT2D eigenvalue weighted by Crippen LogP contribution is 2.33. The average molecular weight is 314 g/mol. The van der Waals surface area contributed by atoms with Crippen LogP contribution in [0.5, 0.6) is 0 Å². The zero-order valence-electron chi connectivity index (χ0n) is 13.3. The molecule has 4 heteroatoms. The average Bonchev–Trinajstić information content (AvgIpc) is 3.25. The summed E-state index contributed by atoms with van der Waals surface area (Å²) in [7, 11) is 0. The predicted molar refractivity (Wildman–Crippen MR) is 91.1 cm³/mol. The lowest BCUT2D eigenvalue weighted by atomic mass is 10.1. The van der Waals surface area contributed by atoms with Crippen molar-refractivity contribution >= 4 is 17.2 Å². The van der Waals surface area contributed by atoms with Crippen molar-refractivity contribution in [2.45, 2.75) is 46.1 Å². The van der Waals surface area contributed by atoms with Gasteiger partial charge >= 0.3 is 0 Å². The number of amides is 1. The molecule has 116 valence electrons. The summed E-state index contributed by atoms with van der Waals surface area (Å²) >= 11 is 1.62. The van der Waals surface area contributed by atoms with Crippen molar-refractivity contribution in [1.82, 2.24) is 10.3 Å². The second-order valence-corrected chi connectivity index (χ2v) is 7.53. The Kier molecular flexibility index (Phi) is 4.30. The molecule has 0 aliphatic heterocycles. The highest BCUT2D eigenvalue weighted by molar-refractivity contribution is 7.12. The molecular formula is C18H22N2OS. The summed E-state index contributed by atoms with van der Waals surface area (Å²) in [5.41, 5.74) is 3.28. The molecule has 1 aliphatic rings. The van der Waals surface area contributed by atoms with Gasteiger partial charge in [-0.25, -0.2) is 4.98 Å². The lowest BCUT2D eigenvalue weighted by Gasteiger charge is -2.12. The number of carbonyl (C=O) groups is 1. The summed E-state index contributed by atoms with van der Waals surface area (Å²) < 4.78 is 0. The van der Waals surface area contributed by atoms with Crippen LogP contribution in [-0.2, 0) is 11.2 Å². The summed E-state index contributed by atoms with van der Waals surface area (Å²) in [5, 5.41) is 4.14. The number of benzene rings is 1. The van der Waals surface area contributed by atoms with Gasteiger partial charge in [-0.05, 0) is 39.5 Å². The van der Waals surface area contributed by atoms with Gasteiger partial charge in [-0.2, -0.15) is 0 Å². The molecule has 22 heavy (non-hydrogen) atoms. The molecule has 1 aromatic carbocycles. The topological polar surface area (TPSA) is 42.0 Å². The molecule has 3 rings (SSSR count). The first-order valence-electron chi connectivity index (χ1n) is 7.85. The summed E-state index contributed by atoms with van der Waals surface area (Å²) in [5.74, 6) is 0.792. The van der Waals surface area contributed by atoms with Gasteiger partial charge in [0.05, 0.1) is 17.1 Å². The van der Waals surface area contributed by atoms with Crippen molar-refractivity contribution in [3.05, 3.63) is 39.7 Å². The maximum atomic E-state index is 12.3. The number of nitrogens with one attached hydrogen (secondary N) is 1. The third-order valence-corrected chi connectivity index (χ3v) is 5.14. The lowest BCUT2D eigenvalue weighted by Crippen LogP contribution is -2.34. The highest BCUT2D eigenvalue weighted by Gasteiger charge is 2.29. The van der Waals surface area contributed by atoms with E-state index in [4.69, 9.17) is 0 Å². The van der Waals surface area contributed by atoms with E-state index in [9.17, 15) is 4.79 Å². The Balaban J connectivity index is 1.75. The van der Waals surface area contributed by atoms with E-state index >= 15 is 0 Å². The molecule has 1 fully saturated rings. The van der Waals surface area contributed by atoms with E-state index in [0.29, 0.717) is 18.4 Å². The molecule has 0 spiro atoms. The van der Waals surface area contributed by atoms with Crippen LogP contribution in [0.3, 0.4) is 0 Å². The van der Waals surface area contributed by atoms with Crippen molar-refractivity contribution in [3.63, 3.8) is 0 Å². The van der Waals surface area contributed by atoms with Gasteiger partial charge in [-0.1, -0.05) is 29.8 Å². The van der Waals surface area contributed by atoms with Gasteiger partial charge in [-0.3, -0.25) is 4.79 Å². The number of carbonyl (C=O) groups excluding carboxylic acids is 1. The summed E-state index contributed by atoms with van der Waals surface area (Å²) in [6.07, 6.45) is 2.91. The SMILES string of the molecule is Cc1ccc(-c2nc(C)sc2CC(=O)NC(C)C2CC2)cc1. The van der Waals surface area contributed by atoms with Gasteiger partial charge in [0, 0.05) is 16.5 Å². The molecule has 1 atom stereocenters. The first-order chi connectivity index (χ1) is 10.5. The predicted octanol–water partition coefficient (Wildman–Crippen LogP) is 3.88. The molecule has 1 unspecified atom stereocenters. The number of aromatic nitrogens is 1. The van der Waals surface area contributed by atoms with Gasteiger partial charge in [0.25, 0.3) is 0 Å². The molecule has 1 aromatic heterocycles.